The second-order valence-electron chi connectivity index (χ2n) is 5.73. The van der Waals surface area contributed by atoms with E-state index < -0.39 is 14.9 Å². The van der Waals surface area contributed by atoms with Crippen molar-refractivity contribution >= 4 is 21.5 Å². The van der Waals surface area contributed by atoms with Crippen molar-refractivity contribution < 1.29 is 13.3 Å². The molecule has 9 heteroatoms. The van der Waals surface area contributed by atoms with E-state index in [0.717, 1.165) is 0 Å². The number of anilines is 1. The molecule has 2 aromatic carbocycles. The Balaban J connectivity index is 1.99. The number of para-hydroxylation sites is 1. The van der Waals surface area contributed by atoms with Crippen LogP contribution in [0.5, 0.6) is 0 Å². The first-order chi connectivity index (χ1) is 12.3. The van der Waals surface area contributed by atoms with Gasteiger partial charge in [0.05, 0.1) is 21.2 Å². The van der Waals surface area contributed by atoms with Gasteiger partial charge in [-0.1, -0.05) is 18.2 Å². The maximum atomic E-state index is 12.7. The lowest BCUT2D eigenvalue weighted by Gasteiger charge is -2.11. The molecule has 8 nitrogen and oxygen atoms in total. The Hall–Kier alpha value is -3.20. The van der Waals surface area contributed by atoms with E-state index in [1.165, 1.54) is 29.8 Å². The number of nitrogens with one attached hydrogen (secondary N) is 1. The van der Waals surface area contributed by atoms with Crippen molar-refractivity contribution in [3.8, 4) is 5.69 Å². The van der Waals surface area contributed by atoms with Crippen molar-refractivity contribution in [3.63, 3.8) is 0 Å². The van der Waals surface area contributed by atoms with Crippen molar-refractivity contribution in [2.24, 2.45) is 0 Å². The molecular weight excluding hydrogens is 356 g/mol. The van der Waals surface area contributed by atoms with E-state index >= 15 is 0 Å². The molecule has 0 radical (unpaired) electrons. The van der Waals surface area contributed by atoms with Crippen LogP contribution in [-0.2, 0) is 10.0 Å². The van der Waals surface area contributed by atoms with E-state index in [2.05, 4.69) is 9.82 Å². The van der Waals surface area contributed by atoms with Crippen molar-refractivity contribution in [3.05, 3.63) is 76.0 Å². The number of aryl methyl sites for hydroxylation is 2. The van der Waals surface area contributed by atoms with Crippen molar-refractivity contribution in [1.82, 2.24) is 9.78 Å². The molecule has 0 saturated heterocycles. The van der Waals surface area contributed by atoms with Gasteiger partial charge in [0.25, 0.3) is 15.7 Å². The summed E-state index contributed by atoms with van der Waals surface area (Å²) in [6, 6.07) is 14.4. The molecular formula is C17H16N4O4S. The highest BCUT2D eigenvalue weighted by Gasteiger charge is 2.21. The number of nitro groups is 1. The Morgan fingerprint density at radius 3 is 2.38 bits per heavy atom. The molecule has 0 spiro atoms. The van der Waals surface area contributed by atoms with Gasteiger partial charge in [-0.05, 0) is 38.1 Å². The zero-order chi connectivity index (χ0) is 18.9. The molecule has 134 valence electrons. The van der Waals surface area contributed by atoms with Gasteiger partial charge in [0.2, 0.25) is 0 Å². The number of aromatic nitrogens is 2. The van der Waals surface area contributed by atoms with Crippen LogP contribution >= 0.6 is 0 Å². The van der Waals surface area contributed by atoms with Gasteiger partial charge in [0.15, 0.2) is 0 Å². The maximum Gasteiger partial charge on any atom is 0.272 e. The molecule has 0 amide bonds. The van der Waals surface area contributed by atoms with E-state index in [9.17, 15) is 18.5 Å². The number of nitro benzene ring substituents is 1. The SMILES string of the molecule is Cc1cc(NS(=O)(=O)c2ccc([N+](=O)[O-])c(C)c2)n(-c2ccccc2)n1. The third-order valence-electron chi connectivity index (χ3n) is 3.75. The van der Waals surface area contributed by atoms with Crippen LogP contribution in [0.1, 0.15) is 11.3 Å². The fourth-order valence-corrected chi connectivity index (χ4v) is 3.65. The molecule has 1 aromatic heterocycles. The van der Waals surface area contributed by atoms with Crippen LogP contribution in [0.3, 0.4) is 0 Å². The van der Waals surface area contributed by atoms with Crippen molar-refractivity contribution in [1.29, 1.82) is 0 Å². The largest absolute Gasteiger partial charge is 0.272 e. The number of nitrogens with zero attached hydrogens (tertiary/aromatic N) is 3. The van der Waals surface area contributed by atoms with Gasteiger partial charge in [0.1, 0.15) is 5.82 Å². The highest BCUT2D eigenvalue weighted by molar-refractivity contribution is 7.92. The van der Waals surface area contributed by atoms with E-state index in [1.807, 2.05) is 18.2 Å². The third-order valence-corrected chi connectivity index (χ3v) is 5.10. The van der Waals surface area contributed by atoms with Gasteiger partial charge in [-0.3, -0.25) is 14.8 Å². The Kier molecular flexibility index (Phi) is 4.47. The molecule has 0 aliphatic rings. The lowest BCUT2D eigenvalue weighted by atomic mass is 10.2. The fraction of sp³-hybridized carbons (Fsp3) is 0.118. The van der Waals surface area contributed by atoms with E-state index in [1.54, 1.807) is 25.1 Å². The first kappa shape index (κ1) is 17.6. The van der Waals surface area contributed by atoms with Gasteiger partial charge in [-0.2, -0.15) is 5.10 Å². The summed E-state index contributed by atoms with van der Waals surface area (Å²) < 4.78 is 29.4. The predicted molar refractivity (Wildman–Crippen MR) is 96.9 cm³/mol. The Morgan fingerprint density at radius 1 is 1.08 bits per heavy atom. The summed E-state index contributed by atoms with van der Waals surface area (Å²) in [6.07, 6.45) is 0. The summed E-state index contributed by atoms with van der Waals surface area (Å²) in [6.45, 7) is 3.25. The highest BCUT2D eigenvalue weighted by atomic mass is 32.2. The summed E-state index contributed by atoms with van der Waals surface area (Å²) in [7, 11) is -3.93. The average molecular weight is 372 g/mol. The Bertz CT molecular complexity index is 1080. The van der Waals surface area contributed by atoms with E-state index in [-0.39, 0.29) is 22.0 Å². The lowest BCUT2D eigenvalue weighted by Crippen LogP contribution is -2.16. The molecule has 0 bridgehead atoms. The monoisotopic (exact) mass is 372 g/mol. The number of rotatable bonds is 5. The minimum absolute atomic E-state index is 0.0564. The van der Waals surface area contributed by atoms with E-state index in [4.69, 9.17) is 0 Å². The molecule has 0 unspecified atom stereocenters. The first-order valence-corrected chi connectivity index (χ1v) is 9.16. The van der Waals surface area contributed by atoms with Gasteiger partial charge >= 0.3 is 0 Å². The quantitative estimate of drug-likeness (QED) is 0.547. The van der Waals surface area contributed by atoms with E-state index in [0.29, 0.717) is 11.4 Å². The highest BCUT2D eigenvalue weighted by Crippen LogP contribution is 2.24. The lowest BCUT2D eigenvalue weighted by molar-refractivity contribution is -0.385. The van der Waals surface area contributed by atoms with Crippen LogP contribution < -0.4 is 4.72 Å². The summed E-state index contributed by atoms with van der Waals surface area (Å²) in [4.78, 5) is 10.3. The molecule has 1 heterocycles. The van der Waals surface area contributed by atoms with Gasteiger partial charge < -0.3 is 0 Å². The second-order valence-corrected chi connectivity index (χ2v) is 7.41. The molecule has 0 saturated carbocycles. The molecule has 0 aliphatic carbocycles. The van der Waals surface area contributed by atoms with Crippen LogP contribution in [0.4, 0.5) is 11.5 Å². The second kappa shape index (κ2) is 6.60. The zero-order valence-electron chi connectivity index (χ0n) is 14.1. The summed E-state index contributed by atoms with van der Waals surface area (Å²) in [5.41, 5.74) is 1.49. The smallest absolute Gasteiger partial charge is 0.263 e. The van der Waals surface area contributed by atoms with Crippen LogP contribution in [-0.4, -0.2) is 23.1 Å². The van der Waals surface area contributed by atoms with Gasteiger partial charge in [0, 0.05) is 17.7 Å². The van der Waals surface area contributed by atoms with Crippen LogP contribution in [0.2, 0.25) is 0 Å². The first-order valence-electron chi connectivity index (χ1n) is 7.68. The van der Waals surface area contributed by atoms with Crippen LogP contribution in [0.15, 0.2) is 59.5 Å². The minimum Gasteiger partial charge on any atom is -0.263 e. The molecule has 3 rings (SSSR count). The normalized spacial score (nSPS) is 11.3. The number of sulfonamides is 1. The number of benzene rings is 2. The van der Waals surface area contributed by atoms with Gasteiger partial charge in [-0.25, -0.2) is 13.1 Å². The summed E-state index contributed by atoms with van der Waals surface area (Å²) >= 11 is 0. The van der Waals surface area contributed by atoms with Crippen molar-refractivity contribution in [2.75, 3.05) is 4.72 Å². The molecule has 3 aromatic rings. The molecule has 1 N–H and O–H groups in total. The topological polar surface area (TPSA) is 107 Å². The predicted octanol–water partition coefficient (Wildman–Crippen LogP) is 3.20. The molecule has 0 aliphatic heterocycles. The van der Waals surface area contributed by atoms with Gasteiger partial charge in [-0.15, -0.1) is 0 Å². The van der Waals surface area contributed by atoms with Crippen LogP contribution in [0, 0.1) is 24.0 Å². The molecule has 26 heavy (non-hydrogen) atoms. The minimum atomic E-state index is -3.93. The maximum absolute atomic E-state index is 12.7. The summed E-state index contributed by atoms with van der Waals surface area (Å²) in [5, 5.41) is 15.2. The molecule has 0 atom stereocenters. The average Bonchev–Trinajstić information content (AvgIpc) is 2.95. The Morgan fingerprint density at radius 2 is 1.77 bits per heavy atom. The third kappa shape index (κ3) is 3.42. The Labute approximate surface area is 150 Å². The fourth-order valence-electron chi connectivity index (χ4n) is 2.53. The molecule has 0 fully saturated rings. The van der Waals surface area contributed by atoms with Crippen LogP contribution in [0.25, 0.3) is 5.69 Å². The zero-order valence-corrected chi connectivity index (χ0v) is 14.9. The number of hydrogen-bond donors (Lipinski definition) is 1. The standard InChI is InChI=1S/C17H16N4O4S/c1-12-10-15(8-9-16(12)21(22)23)26(24,25)19-17-11-13(2)18-20(17)14-6-4-3-5-7-14/h3-11,19H,1-2H3. The summed E-state index contributed by atoms with van der Waals surface area (Å²) in [5.74, 6) is 0.282. The van der Waals surface area contributed by atoms with Crippen molar-refractivity contribution in [2.45, 2.75) is 18.7 Å². The number of hydrogen-bond acceptors (Lipinski definition) is 5.